The van der Waals surface area contributed by atoms with Crippen molar-refractivity contribution in [2.24, 2.45) is 0 Å². The van der Waals surface area contributed by atoms with Gasteiger partial charge in [0.05, 0.1) is 4.90 Å². The third kappa shape index (κ3) is 3.92. The Hall–Kier alpha value is -0.920. The van der Waals surface area contributed by atoms with E-state index in [2.05, 4.69) is 4.72 Å². The van der Waals surface area contributed by atoms with Crippen molar-refractivity contribution >= 4 is 20.8 Å². The summed E-state index contributed by atoms with van der Waals surface area (Å²) in [4.78, 5) is 0.0761. The highest BCUT2D eigenvalue weighted by Gasteiger charge is 2.12. The van der Waals surface area contributed by atoms with Gasteiger partial charge in [0.25, 0.3) is 0 Å². The predicted molar refractivity (Wildman–Crippen MR) is 62.2 cm³/mol. The van der Waals surface area contributed by atoms with Gasteiger partial charge in [0.15, 0.2) is 0 Å². The molecule has 0 aliphatic carbocycles. The number of sulfonamides is 1. The molecule has 0 bridgehead atoms. The van der Waals surface area contributed by atoms with Crippen LogP contribution in [0.15, 0.2) is 29.2 Å². The molecule has 2 N–H and O–H groups in total. The smallest absolute Gasteiger partial charge is 0.240 e. The summed E-state index contributed by atoms with van der Waals surface area (Å²) >= 11 is 0. The third-order valence-corrected chi connectivity index (χ3v) is 4.08. The van der Waals surface area contributed by atoms with Gasteiger partial charge in [-0.05, 0) is 24.3 Å². The van der Waals surface area contributed by atoms with Crippen LogP contribution >= 0.6 is 0 Å². The van der Waals surface area contributed by atoms with Crippen LogP contribution in [0.5, 0.6) is 5.75 Å². The third-order valence-electron chi connectivity index (χ3n) is 1.83. The van der Waals surface area contributed by atoms with E-state index in [1.807, 2.05) is 0 Å². The van der Waals surface area contributed by atoms with Crippen molar-refractivity contribution in [2.75, 3.05) is 18.6 Å². The van der Waals surface area contributed by atoms with Crippen molar-refractivity contribution in [3.63, 3.8) is 0 Å². The highest BCUT2D eigenvalue weighted by atomic mass is 32.2. The molecule has 1 aromatic rings. The maximum Gasteiger partial charge on any atom is 0.240 e. The standard InChI is InChI=1S/C9H13NO4S2/c1-15(12)7-6-10-16(13,14)9-4-2-8(11)3-5-9/h2-5,10-11H,6-7H2,1H3. The topological polar surface area (TPSA) is 83.5 Å². The first-order chi connectivity index (χ1) is 7.42. The predicted octanol–water partition coefficient (Wildman–Crippen LogP) is 0.0490. The highest BCUT2D eigenvalue weighted by molar-refractivity contribution is 7.89. The van der Waals surface area contributed by atoms with Gasteiger partial charge in [-0.25, -0.2) is 13.1 Å². The van der Waals surface area contributed by atoms with Crippen molar-refractivity contribution in [3.8, 4) is 5.75 Å². The molecule has 1 atom stereocenters. The summed E-state index contributed by atoms with van der Waals surface area (Å²) in [6.07, 6.45) is 1.51. The van der Waals surface area contributed by atoms with E-state index in [0.29, 0.717) is 0 Å². The zero-order valence-corrected chi connectivity index (χ0v) is 10.3. The normalized spacial score (nSPS) is 13.6. The lowest BCUT2D eigenvalue weighted by Gasteiger charge is -2.05. The number of phenolic OH excluding ortho intramolecular Hbond substituents is 1. The summed E-state index contributed by atoms with van der Waals surface area (Å²) in [5, 5.41) is 9.02. The van der Waals surface area contributed by atoms with Crippen LogP contribution in [0.4, 0.5) is 0 Å². The molecule has 0 heterocycles. The van der Waals surface area contributed by atoms with E-state index in [-0.39, 0.29) is 22.9 Å². The molecule has 0 saturated heterocycles. The average molecular weight is 263 g/mol. The molecule has 0 fully saturated rings. The lowest BCUT2D eigenvalue weighted by molar-refractivity contribution is 0.474. The van der Waals surface area contributed by atoms with Crippen LogP contribution in [0.2, 0.25) is 0 Å². The van der Waals surface area contributed by atoms with Crippen molar-refractivity contribution < 1.29 is 17.7 Å². The molecular weight excluding hydrogens is 250 g/mol. The minimum atomic E-state index is -3.57. The van der Waals surface area contributed by atoms with E-state index in [1.54, 1.807) is 0 Å². The van der Waals surface area contributed by atoms with Gasteiger partial charge >= 0.3 is 0 Å². The zero-order valence-electron chi connectivity index (χ0n) is 8.71. The van der Waals surface area contributed by atoms with E-state index in [1.165, 1.54) is 30.5 Å². The number of hydrogen-bond acceptors (Lipinski definition) is 4. The second kappa shape index (κ2) is 5.42. The van der Waals surface area contributed by atoms with Crippen molar-refractivity contribution in [3.05, 3.63) is 24.3 Å². The fourth-order valence-corrected chi connectivity index (χ4v) is 2.58. The fourth-order valence-electron chi connectivity index (χ4n) is 1.03. The Balaban J connectivity index is 2.71. The number of aromatic hydroxyl groups is 1. The summed E-state index contributed by atoms with van der Waals surface area (Å²) in [6.45, 7) is 0.131. The molecule has 1 unspecified atom stereocenters. The number of benzene rings is 1. The molecule has 0 aliphatic heterocycles. The molecule has 0 amide bonds. The molecule has 0 saturated carbocycles. The molecule has 0 spiro atoms. The van der Waals surface area contributed by atoms with Gasteiger partial charge in [0.1, 0.15) is 5.75 Å². The summed E-state index contributed by atoms with van der Waals surface area (Å²) in [7, 11) is -4.60. The van der Waals surface area contributed by atoms with E-state index >= 15 is 0 Å². The van der Waals surface area contributed by atoms with Crippen LogP contribution in [0.1, 0.15) is 0 Å². The van der Waals surface area contributed by atoms with Crippen LogP contribution in [0.25, 0.3) is 0 Å². The molecular formula is C9H13NO4S2. The van der Waals surface area contributed by atoms with E-state index in [0.717, 1.165) is 0 Å². The molecule has 0 aromatic heterocycles. The molecule has 0 radical (unpaired) electrons. The minimum absolute atomic E-state index is 0.00797. The van der Waals surface area contributed by atoms with E-state index in [4.69, 9.17) is 5.11 Å². The maximum atomic E-state index is 11.6. The SMILES string of the molecule is CS(=O)CCNS(=O)(=O)c1ccc(O)cc1. The second-order valence-corrected chi connectivity index (χ2v) is 6.49. The minimum Gasteiger partial charge on any atom is -0.508 e. The van der Waals surface area contributed by atoms with Crippen molar-refractivity contribution in [2.45, 2.75) is 4.90 Å². The van der Waals surface area contributed by atoms with Crippen LogP contribution in [0, 0.1) is 0 Å². The first-order valence-corrected chi connectivity index (χ1v) is 7.71. The molecule has 7 heteroatoms. The zero-order chi connectivity index (χ0) is 12.2. The van der Waals surface area contributed by atoms with Gasteiger partial charge in [-0.15, -0.1) is 0 Å². The maximum absolute atomic E-state index is 11.6. The van der Waals surface area contributed by atoms with Crippen molar-refractivity contribution in [1.82, 2.24) is 4.72 Å². The van der Waals surface area contributed by atoms with E-state index < -0.39 is 20.8 Å². The lowest BCUT2D eigenvalue weighted by Crippen LogP contribution is -2.27. The fraction of sp³-hybridized carbons (Fsp3) is 0.333. The quantitative estimate of drug-likeness (QED) is 0.786. The van der Waals surface area contributed by atoms with Crippen LogP contribution < -0.4 is 4.72 Å². The Kier molecular flexibility index (Phi) is 4.45. The first kappa shape index (κ1) is 13.1. The Morgan fingerprint density at radius 3 is 2.38 bits per heavy atom. The van der Waals surface area contributed by atoms with Gasteiger partial charge in [-0.2, -0.15) is 0 Å². The Morgan fingerprint density at radius 1 is 1.31 bits per heavy atom. The van der Waals surface area contributed by atoms with Gasteiger partial charge in [-0.1, -0.05) is 0 Å². The Labute approximate surface area is 97.0 Å². The van der Waals surface area contributed by atoms with Gasteiger partial charge in [0.2, 0.25) is 10.0 Å². The number of rotatable bonds is 5. The molecule has 16 heavy (non-hydrogen) atoms. The Bertz CT molecular complexity index is 467. The lowest BCUT2D eigenvalue weighted by atomic mass is 10.3. The van der Waals surface area contributed by atoms with Crippen LogP contribution in [-0.2, 0) is 20.8 Å². The van der Waals surface area contributed by atoms with E-state index in [9.17, 15) is 12.6 Å². The number of nitrogens with one attached hydrogen (secondary N) is 1. The van der Waals surface area contributed by atoms with Crippen LogP contribution in [0.3, 0.4) is 0 Å². The van der Waals surface area contributed by atoms with Gasteiger partial charge in [-0.3, -0.25) is 4.21 Å². The summed E-state index contributed by atoms with van der Waals surface area (Å²) < 4.78 is 36.3. The summed E-state index contributed by atoms with van der Waals surface area (Å²) in [6, 6.07) is 5.21. The largest absolute Gasteiger partial charge is 0.508 e. The average Bonchev–Trinajstić information content (AvgIpc) is 2.17. The molecule has 90 valence electrons. The van der Waals surface area contributed by atoms with Crippen LogP contribution in [-0.4, -0.2) is 36.3 Å². The second-order valence-electron chi connectivity index (χ2n) is 3.17. The monoisotopic (exact) mass is 263 g/mol. The van der Waals surface area contributed by atoms with Crippen molar-refractivity contribution in [1.29, 1.82) is 0 Å². The summed E-state index contributed by atoms with van der Waals surface area (Å²) in [5.74, 6) is 0.283. The summed E-state index contributed by atoms with van der Waals surface area (Å²) in [5.41, 5.74) is 0. The molecule has 5 nitrogen and oxygen atoms in total. The molecule has 1 aromatic carbocycles. The Morgan fingerprint density at radius 2 is 1.88 bits per heavy atom. The van der Waals surface area contributed by atoms with Gasteiger partial charge < -0.3 is 5.11 Å². The number of hydrogen-bond donors (Lipinski definition) is 2. The highest BCUT2D eigenvalue weighted by Crippen LogP contribution is 2.13. The first-order valence-electron chi connectivity index (χ1n) is 4.50. The molecule has 1 rings (SSSR count). The van der Waals surface area contributed by atoms with Gasteiger partial charge in [0, 0.05) is 29.4 Å². The number of phenols is 1. The molecule has 0 aliphatic rings.